The smallest absolute Gasteiger partial charge is 0.256 e. The zero-order chi connectivity index (χ0) is 13.3. The molecule has 1 aliphatic rings. The van der Waals surface area contributed by atoms with E-state index in [1.54, 1.807) is 17.0 Å². The van der Waals surface area contributed by atoms with Crippen molar-refractivity contribution in [2.75, 3.05) is 18.8 Å². The third kappa shape index (κ3) is 2.84. The molecule has 18 heavy (non-hydrogen) atoms. The third-order valence-electron chi connectivity index (χ3n) is 2.95. The second-order valence-corrected chi connectivity index (χ2v) is 5.61. The highest BCUT2D eigenvalue weighted by atomic mass is 79.9. The van der Waals surface area contributed by atoms with Gasteiger partial charge in [-0.15, -0.1) is 0 Å². The predicted octanol–water partition coefficient (Wildman–Crippen LogP) is 2.28. The quantitative estimate of drug-likeness (QED) is 0.809. The largest absolute Gasteiger partial charge is 0.398 e. The molecule has 1 aliphatic heterocycles. The molecule has 1 amide bonds. The molecule has 2 atom stereocenters. The van der Waals surface area contributed by atoms with E-state index in [0.29, 0.717) is 24.3 Å². The van der Waals surface area contributed by atoms with Gasteiger partial charge >= 0.3 is 0 Å². The molecule has 1 aromatic rings. The summed E-state index contributed by atoms with van der Waals surface area (Å²) in [7, 11) is 0. The summed E-state index contributed by atoms with van der Waals surface area (Å²) < 4.78 is 6.48. The lowest BCUT2D eigenvalue weighted by atomic mass is 10.1. The normalized spacial score (nSPS) is 24.1. The van der Waals surface area contributed by atoms with Crippen LogP contribution in [-0.2, 0) is 4.74 Å². The van der Waals surface area contributed by atoms with Crippen LogP contribution in [0.5, 0.6) is 0 Å². The Hall–Kier alpha value is -1.07. The van der Waals surface area contributed by atoms with Gasteiger partial charge in [0.2, 0.25) is 0 Å². The second-order valence-electron chi connectivity index (χ2n) is 4.70. The van der Waals surface area contributed by atoms with Gasteiger partial charge in [0, 0.05) is 23.2 Å². The number of anilines is 1. The van der Waals surface area contributed by atoms with Gasteiger partial charge in [-0.2, -0.15) is 0 Å². The highest BCUT2D eigenvalue weighted by Crippen LogP contribution is 2.22. The van der Waals surface area contributed by atoms with Gasteiger partial charge in [0.25, 0.3) is 5.91 Å². The molecule has 1 saturated heterocycles. The van der Waals surface area contributed by atoms with Gasteiger partial charge in [0.15, 0.2) is 0 Å². The van der Waals surface area contributed by atoms with Crippen LogP contribution in [0, 0.1) is 0 Å². The molecular weight excluding hydrogens is 296 g/mol. The van der Waals surface area contributed by atoms with Crippen molar-refractivity contribution in [3.8, 4) is 0 Å². The lowest BCUT2D eigenvalue weighted by Gasteiger charge is -2.35. The van der Waals surface area contributed by atoms with Gasteiger partial charge in [-0.3, -0.25) is 4.79 Å². The average molecular weight is 313 g/mol. The van der Waals surface area contributed by atoms with E-state index >= 15 is 0 Å². The molecule has 1 fully saturated rings. The number of rotatable bonds is 1. The van der Waals surface area contributed by atoms with Crippen LogP contribution in [0.2, 0.25) is 0 Å². The van der Waals surface area contributed by atoms with Crippen molar-refractivity contribution in [1.82, 2.24) is 4.90 Å². The fourth-order valence-corrected chi connectivity index (χ4v) is 2.59. The minimum absolute atomic E-state index is 0.0317. The lowest BCUT2D eigenvalue weighted by molar-refractivity contribution is -0.0585. The molecule has 0 saturated carbocycles. The molecule has 1 heterocycles. The number of nitrogens with two attached hydrogens (primary N) is 1. The highest BCUT2D eigenvalue weighted by Gasteiger charge is 2.27. The van der Waals surface area contributed by atoms with Crippen molar-refractivity contribution in [1.29, 1.82) is 0 Å². The molecule has 98 valence electrons. The van der Waals surface area contributed by atoms with Crippen molar-refractivity contribution in [3.05, 3.63) is 28.2 Å². The fourth-order valence-electron chi connectivity index (χ4n) is 2.23. The monoisotopic (exact) mass is 312 g/mol. The fraction of sp³-hybridized carbons (Fsp3) is 0.462. The second kappa shape index (κ2) is 5.28. The summed E-state index contributed by atoms with van der Waals surface area (Å²) in [5, 5.41) is 0. The van der Waals surface area contributed by atoms with Crippen LogP contribution < -0.4 is 5.73 Å². The zero-order valence-corrected chi connectivity index (χ0v) is 12.1. The molecule has 2 N–H and O–H groups in total. The maximum atomic E-state index is 12.4. The standard InChI is InChI=1S/C13H17BrN2O2/c1-8-6-16(7-9(2)18-8)13(17)11-5-10(14)3-4-12(11)15/h3-5,8-9H,6-7,15H2,1-2H3/t8-,9+. The first kappa shape index (κ1) is 13.4. The first-order chi connectivity index (χ1) is 8.47. The summed E-state index contributed by atoms with van der Waals surface area (Å²) in [6.45, 7) is 5.16. The van der Waals surface area contributed by atoms with Crippen molar-refractivity contribution in [2.45, 2.75) is 26.1 Å². The van der Waals surface area contributed by atoms with Crippen molar-refractivity contribution in [2.24, 2.45) is 0 Å². The van der Waals surface area contributed by atoms with E-state index in [-0.39, 0.29) is 18.1 Å². The van der Waals surface area contributed by atoms with Gasteiger partial charge in [0.05, 0.1) is 17.8 Å². The minimum atomic E-state index is -0.0317. The summed E-state index contributed by atoms with van der Waals surface area (Å²) in [5.41, 5.74) is 6.92. The van der Waals surface area contributed by atoms with E-state index in [1.807, 2.05) is 19.9 Å². The number of hydrogen-bond acceptors (Lipinski definition) is 3. The molecule has 1 aromatic carbocycles. The molecule has 5 heteroatoms. The average Bonchev–Trinajstić information content (AvgIpc) is 2.30. The van der Waals surface area contributed by atoms with E-state index in [2.05, 4.69) is 15.9 Å². The number of hydrogen-bond donors (Lipinski definition) is 1. The van der Waals surface area contributed by atoms with Gasteiger partial charge in [-0.05, 0) is 32.0 Å². The first-order valence-corrected chi connectivity index (χ1v) is 6.76. The summed E-state index contributed by atoms with van der Waals surface area (Å²) in [5.74, 6) is -0.0317. The number of ether oxygens (including phenoxy) is 1. The van der Waals surface area contributed by atoms with Crippen LogP contribution in [0.15, 0.2) is 22.7 Å². The predicted molar refractivity (Wildman–Crippen MR) is 74.5 cm³/mol. The molecule has 0 aliphatic carbocycles. The number of nitrogen functional groups attached to an aromatic ring is 1. The summed E-state index contributed by atoms with van der Waals surface area (Å²) in [6.07, 6.45) is 0.122. The molecule has 0 aromatic heterocycles. The van der Waals surface area contributed by atoms with E-state index in [9.17, 15) is 4.79 Å². The summed E-state index contributed by atoms with van der Waals surface area (Å²) in [6, 6.07) is 5.34. The first-order valence-electron chi connectivity index (χ1n) is 5.97. The Morgan fingerprint density at radius 2 is 2.00 bits per heavy atom. The van der Waals surface area contributed by atoms with Crippen LogP contribution in [0.3, 0.4) is 0 Å². The Bertz CT molecular complexity index is 454. The van der Waals surface area contributed by atoms with Crippen LogP contribution in [0.25, 0.3) is 0 Å². The number of carbonyl (C=O) groups is 1. The van der Waals surface area contributed by atoms with Crippen LogP contribution in [0.4, 0.5) is 5.69 Å². The topological polar surface area (TPSA) is 55.6 Å². The summed E-state index contributed by atoms with van der Waals surface area (Å²) >= 11 is 3.36. The number of nitrogens with zero attached hydrogens (tertiary/aromatic N) is 1. The van der Waals surface area contributed by atoms with Gasteiger partial charge in [-0.25, -0.2) is 0 Å². The molecule has 2 rings (SSSR count). The van der Waals surface area contributed by atoms with Crippen LogP contribution in [-0.4, -0.2) is 36.1 Å². The third-order valence-corrected chi connectivity index (χ3v) is 3.45. The Morgan fingerprint density at radius 3 is 2.61 bits per heavy atom. The SMILES string of the molecule is C[C@@H]1CN(C(=O)c2cc(Br)ccc2N)C[C@H](C)O1. The minimum Gasteiger partial charge on any atom is -0.398 e. The molecule has 0 unspecified atom stereocenters. The Morgan fingerprint density at radius 1 is 1.39 bits per heavy atom. The van der Waals surface area contributed by atoms with Crippen molar-refractivity contribution in [3.63, 3.8) is 0 Å². The van der Waals surface area contributed by atoms with Crippen molar-refractivity contribution >= 4 is 27.5 Å². The molecule has 0 radical (unpaired) electrons. The Labute approximate surface area is 115 Å². The van der Waals surface area contributed by atoms with E-state index in [0.717, 1.165) is 4.47 Å². The van der Waals surface area contributed by atoms with Gasteiger partial charge < -0.3 is 15.4 Å². The zero-order valence-electron chi connectivity index (χ0n) is 10.5. The summed E-state index contributed by atoms with van der Waals surface area (Å²) in [4.78, 5) is 14.2. The number of morpholine rings is 1. The lowest BCUT2D eigenvalue weighted by Crippen LogP contribution is -2.48. The number of amides is 1. The van der Waals surface area contributed by atoms with Crippen molar-refractivity contribution < 1.29 is 9.53 Å². The Balaban J connectivity index is 2.22. The maximum Gasteiger partial charge on any atom is 0.256 e. The molecular formula is C13H17BrN2O2. The van der Waals surface area contributed by atoms with E-state index in [1.165, 1.54) is 0 Å². The van der Waals surface area contributed by atoms with E-state index < -0.39 is 0 Å². The van der Waals surface area contributed by atoms with Crippen LogP contribution in [0.1, 0.15) is 24.2 Å². The highest BCUT2D eigenvalue weighted by molar-refractivity contribution is 9.10. The Kier molecular flexibility index (Phi) is 3.92. The van der Waals surface area contributed by atoms with E-state index in [4.69, 9.17) is 10.5 Å². The number of halogens is 1. The number of carbonyl (C=O) groups excluding carboxylic acids is 1. The van der Waals surface area contributed by atoms with Crippen LogP contribution >= 0.6 is 15.9 Å². The number of benzene rings is 1. The van der Waals surface area contributed by atoms with Gasteiger partial charge in [-0.1, -0.05) is 15.9 Å². The molecule has 4 nitrogen and oxygen atoms in total. The van der Waals surface area contributed by atoms with Gasteiger partial charge in [0.1, 0.15) is 0 Å². The molecule has 0 spiro atoms. The maximum absolute atomic E-state index is 12.4. The molecule has 0 bridgehead atoms.